The van der Waals surface area contributed by atoms with Crippen LogP contribution in [0.25, 0.3) is 0 Å². The van der Waals surface area contributed by atoms with E-state index in [0.717, 1.165) is 31.8 Å². The number of ketones is 1. The van der Waals surface area contributed by atoms with Crippen molar-refractivity contribution in [3.8, 4) is 0 Å². The van der Waals surface area contributed by atoms with E-state index < -0.39 is 0 Å². The molecule has 2 fully saturated rings. The Morgan fingerprint density at radius 3 is 3.10 bits per heavy atom. The van der Waals surface area contributed by atoms with Gasteiger partial charge in [-0.2, -0.15) is 0 Å². The number of rotatable bonds is 0. The van der Waals surface area contributed by atoms with Crippen molar-refractivity contribution in [2.45, 2.75) is 19.3 Å². The van der Waals surface area contributed by atoms with E-state index in [1.807, 2.05) is 0 Å². The van der Waals surface area contributed by atoms with Crippen molar-refractivity contribution >= 4 is 5.78 Å². The minimum atomic E-state index is 0.383. The monoisotopic (exact) mass is 139 g/mol. The van der Waals surface area contributed by atoms with Gasteiger partial charge in [0.2, 0.25) is 0 Å². The Morgan fingerprint density at radius 2 is 2.30 bits per heavy atom. The molecule has 0 radical (unpaired) electrons. The van der Waals surface area contributed by atoms with Crippen LogP contribution in [0, 0.1) is 11.8 Å². The molecule has 1 N–H and O–H groups in total. The van der Waals surface area contributed by atoms with E-state index in [0.29, 0.717) is 11.7 Å². The first-order valence-corrected chi connectivity index (χ1v) is 4.11. The summed E-state index contributed by atoms with van der Waals surface area (Å²) in [5, 5.41) is 3.27. The van der Waals surface area contributed by atoms with Gasteiger partial charge in [0.25, 0.3) is 0 Å². The zero-order chi connectivity index (χ0) is 6.97. The Balaban J connectivity index is 2.08. The number of carbonyl (C=O) groups is 1. The highest BCUT2D eigenvalue weighted by atomic mass is 16.1. The largest absolute Gasteiger partial charge is 0.316 e. The molecule has 1 saturated carbocycles. The molecule has 2 nitrogen and oxygen atoms in total. The lowest BCUT2D eigenvalue weighted by atomic mass is 9.89. The van der Waals surface area contributed by atoms with E-state index in [-0.39, 0.29) is 0 Å². The van der Waals surface area contributed by atoms with Crippen molar-refractivity contribution in [1.29, 1.82) is 0 Å². The van der Waals surface area contributed by atoms with Crippen molar-refractivity contribution < 1.29 is 4.79 Å². The van der Waals surface area contributed by atoms with Crippen molar-refractivity contribution in [2.24, 2.45) is 11.8 Å². The van der Waals surface area contributed by atoms with Crippen LogP contribution in [0.5, 0.6) is 0 Å². The predicted octanol–water partition coefficient (Wildman–Crippen LogP) is 0.575. The highest BCUT2D eigenvalue weighted by Crippen LogP contribution is 2.32. The third-order valence-corrected chi connectivity index (χ3v) is 2.80. The first-order chi connectivity index (χ1) is 4.88. The molecule has 0 bridgehead atoms. The molecule has 0 aromatic rings. The van der Waals surface area contributed by atoms with Crippen LogP contribution in [0.1, 0.15) is 19.3 Å². The van der Waals surface area contributed by atoms with Crippen LogP contribution in [-0.2, 0) is 4.79 Å². The number of hydrogen-bond acceptors (Lipinski definition) is 2. The normalized spacial score (nSPS) is 39.8. The van der Waals surface area contributed by atoms with Crippen molar-refractivity contribution in [3.05, 3.63) is 0 Å². The van der Waals surface area contributed by atoms with Crippen LogP contribution < -0.4 is 5.32 Å². The van der Waals surface area contributed by atoms with Gasteiger partial charge in [0.05, 0.1) is 0 Å². The summed E-state index contributed by atoms with van der Waals surface area (Å²) in [7, 11) is 0. The number of piperidine rings is 1. The van der Waals surface area contributed by atoms with Gasteiger partial charge < -0.3 is 5.32 Å². The van der Waals surface area contributed by atoms with E-state index in [2.05, 4.69) is 5.32 Å². The lowest BCUT2D eigenvalue weighted by molar-refractivity contribution is -0.121. The van der Waals surface area contributed by atoms with E-state index in [9.17, 15) is 4.79 Å². The first kappa shape index (κ1) is 6.35. The Bertz CT molecular complexity index is 155. The van der Waals surface area contributed by atoms with Crippen LogP contribution in [0.15, 0.2) is 0 Å². The molecule has 2 heteroatoms. The molecular formula is C8H13NO. The number of hydrogen-bond donors (Lipinski definition) is 1. The van der Waals surface area contributed by atoms with Gasteiger partial charge in [-0.05, 0) is 25.3 Å². The maximum Gasteiger partial charge on any atom is 0.137 e. The summed E-state index contributed by atoms with van der Waals surface area (Å²) in [4.78, 5) is 11.2. The molecule has 1 aliphatic heterocycles. The molecule has 2 rings (SSSR count). The maximum absolute atomic E-state index is 11.2. The predicted molar refractivity (Wildman–Crippen MR) is 38.7 cm³/mol. The Hall–Kier alpha value is -0.370. The van der Waals surface area contributed by atoms with E-state index in [1.165, 1.54) is 6.42 Å². The molecule has 1 heterocycles. The van der Waals surface area contributed by atoms with Gasteiger partial charge in [-0.15, -0.1) is 0 Å². The Morgan fingerprint density at radius 1 is 1.40 bits per heavy atom. The summed E-state index contributed by atoms with van der Waals surface area (Å²) in [6, 6.07) is 0. The molecule has 0 unspecified atom stereocenters. The van der Waals surface area contributed by atoms with Crippen LogP contribution >= 0.6 is 0 Å². The average molecular weight is 139 g/mol. The van der Waals surface area contributed by atoms with Crippen LogP contribution in [0.4, 0.5) is 0 Å². The Labute approximate surface area is 61.0 Å². The van der Waals surface area contributed by atoms with E-state index >= 15 is 0 Å². The SMILES string of the molecule is O=C1CC[C@H]2CCNC[C@@H]12. The second-order valence-electron chi connectivity index (χ2n) is 3.36. The lowest BCUT2D eigenvalue weighted by Gasteiger charge is -2.24. The third kappa shape index (κ3) is 0.870. The number of carbonyl (C=O) groups excluding carboxylic acids is 1. The highest BCUT2D eigenvalue weighted by Gasteiger charge is 2.35. The second kappa shape index (κ2) is 2.35. The fourth-order valence-electron chi connectivity index (χ4n) is 2.15. The van der Waals surface area contributed by atoms with Gasteiger partial charge in [0.15, 0.2) is 0 Å². The van der Waals surface area contributed by atoms with Crippen LogP contribution in [0.2, 0.25) is 0 Å². The summed E-state index contributed by atoms with van der Waals surface area (Å²) in [5.41, 5.74) is 0. The molecule has 10 heavy (non-hydrogen) atoms. The molecule has 1 aliphatic carbocycles. The smallest absolute Gasteiger partial charge is 0.137 e. The molecule has 0 aromatic heterocycles. The molecular weight excluding hydrogens is 126 g/mol. The number of Topliss-reactive ketones (excluding diaryl/α,β-unsaturated/α-hetero) is 1. The van der Waals surface area contributed by atoms with Crippen LogP contribution in [0.3, 0.4) is 0 Å². The number of nitrogens with one attached hydrogen (secondary N) is 1. The first-order valence-electron chi connectivity index (χ1n) is 4.11. The Kier molecular flexibility index (Phi) is 1.49. The van der Waals surface area contributed by atoms with Gasteiger partial charge in [-0.25, -0.2) is 0 Å². The topological polar surface area (TPSA) is 29.1 Å². The minimum absolute atomic E-state index is 0.383. The molecule has 1 saturated heterocycles. The fraction of sp³-hybridized carbons (Fsp3) is 0.875. The molecule has 56 valence electrons. The molecule has 0 spiro atoms. The van der Waals surface area contributed by atoms with Gasteiger partial charge in [0, 0.05) is 18.9 Å². The second-order valence-corrected chi connectivity index (χ2v) is 3.36. The van der Waals surface area contributed by atoms with E-state index in [4.69, 9.17) is 0 Å². The lowest BCUT2D eigenvalue weighted by Crippen LogP contribution is -2.36. The minimum Gasteiger partial charge on any atom is -0.316 e. The molecule has 2 atom stereocenters. The van der Waals surface area contributed by atoms with Crippen molar-refractivity contribution in [2.75, 3.05) is 13.1 Å². The zero-order valence-corrected chi connectivity index (χ0v) is 6.10. The number of fused-ring (bicyclic) bond motifs is 1. The summed E-state index contributed by atoms with van der Waals surface area (Å²) in [6.45, 7) is 2.07. The van der Waals surface area contributed by atoms with Gasteiger partial charge in [-0.3, -0.25) is 4.79 Å². The molecule has 0 amide bonds. The van der Waals surface area contributed by atoms with Gasteiger partial charge in [0.1, 0.15) is 5.78 Å². The summed E-state index contributed by atoms with van der Waals surface area (Å²) >= 11 is 0. The highest BCUT2D eigenvalue weighted by molar-refractivity contribution is 5.83. The maximum atomic E-state index is 11.2. The van der Waals surface area contributed by atoms with Gasteiger partial charge >= 0.3 is 0 Å². The standard InChI is InChI=1S/C8H13NO/c10-8-2-1-6-3-4-9-5-7(6)8/h6-7,9H,1-5H2/t6-,7+/m0/s1. The van der Waals surface area contributed by atoms with Crippen molar-refractivity contribution in [3.63, 3.8) is 0 Å². The van der Waals surface area contributed by atoms with Gasteiger partial charge in [-0.1, -0.05) is 0 Å². The third-order valence-electron chi connectivity index (χ3n) is 2.80. The fourth-order valence-corrected chi connectivity index (χ4v) is 2.15. The summed E-state index contributed by atoms with van der Waals surface area (Å²) in [6.07, 6.45) is 3.22. The molecule has 2 aliphatic rings. The van der Waals surface area contributed by atoms with Crippen molar-refractivity contribution in [1.82, 2.24) is 5.32 Å². The average Bonchev–Trinajstić information content (AvgIpc) is 2.34. The molecule has 0 aromatic carbocycles. The van der Waals surface area contributed by atoms with E-state index in [1.54, 1.807) is 0 Å². The zero-order valence-electron chi connectivity index (χ0n) is 6.10. The van der Waals surface area contributed by atoms with Crippen LogP contribution in [-0.4, -0.2) is 18.9 Å². The summed E-state index contributed by atoms with van der Waals surface area (Å²) in [5.74, 6) is 1.61. The summed E-state index contributed by atoms with van der Waals surface area (Å²) < 4.78 is 0. The quantitative estimate of drug-likeness (QED) is 0.531.